The van der Waals surface area contributed by atoms with Gasteiger partial charge in [0.05, 0.1) is 18.1 Å². The lowest BCUT2D eigenvalue weighted by Gasteiger charge is -2.28. The Morgan fingerprint density at radius 2 is 1.92 bits per heavy atom. The fourth-order valence-electron chi connectivity index (χ4n) is 3.75. The van der Waals surface area contributed by atoms with E-state index in [2.05, 4.69) is 25.9 Å². The number of benzene rings is 2. The number of nitrogens with zero attached hydrogens (tertiary/aromatic N) is 6. The lowest BCUT2D eigenvalue weighted by molar-refractivity contribution is -0.384. The molecule has 0 unspecified atom stereocenters. The van der Waals surface area contributed by atoms with Crippen LogP contribution in [0.15, 0.2) is 42.5 Å². The van der Waals surface area contributed by atoms with Crippen LogP contribution in [0.1, 0.15) is 16.2 Å². The van der Waals surface area contributed by atoms with Gasteiger partial charge in [0.2, 0.25) is 4.96 Å². The van der Waals surface area contributed by atoms with Crippen molar-refractivity contribution in [3.8, 4) is 10.6 Å². The predicted molar refractivity (Wildman–Crippen MR) is 139 cm³/mol. The zero-order chi connectivity index (χ0) is 25.2. The van der Waals surface area contributed by atoms with Crippen LogP contribution in [0.25, 0.3) is 15.5 Å². The molecular weight excluding hydrogens is 504 g/mol. The van der Waals surface area contributed by atoms with Crippen molar-refractivity contribution in [1.29, 1.82) is 0 Å². The van der Waals surface area contributed by atoms with Crippen molar-refractivity contribution in [3.63, 3.8) is 0 Å². The number of ether oxygens (including phenoxy) is 1. The number of nitro benzene ring substituents is 1. The molecule has 0 aliphatic carbocycles. The number of nitro groups is 1. The lowest BCUT2D eigenvalue weighted by atomic mass is 10.1. The lowest BCUT2D eigenvalue weighted by Crippen LogP contribution is -2.37. The quantitative estimate of drug-likeness (QED) is 0.227. The van der Waals surface area contributed by atoms with E-state index in [0.29, 0.717) is 48.5 Å². The predicted octanol–water partition coefficient (Wildman–Crippen LogP) is 3.03. The Balaban J connectivity index is 1.24. The summed E-state index contributed by atoms with van der Waals surface area (Å²) in [5, 5.41) is 30.6. The summed E-state index contributed by atoms with van der Waals surface area (Å²) in [6, 6.07) is 11.8. The zero-order valence-electron chi connectivity index (χ0n) is 19.0. The molecule has 4 aromatic rings. The molecule has 0 atom stereocenters. The largest absolute Gasteiger partial charge is 0.378 e. The highest BCUT2D eigenvalue weighted by Crippen LogP contribution is 2.30. The molecule has 2 aromatic heterocycles. The van der Waals surface area contributed by atoms with Crippen molar-refractivity contribution in [2.75, 3.05) is 36.5 Å². The van der Waals surface area contributed by atoms with Crippen molar-refractivity contribution in [3.05, 3.63) is 64.0 Å². The van der Waals surface area contributed by atoms with Crippen LogP contribution in [0, 0.1) is 17.0 Å². The van der Waals surface area contributed by atoms with E-state index in [0.717, 1.165) is 10.6 Å². The number of nitrogens with one attached hydrogen (secondary N) is 2. The molecule has 0 bridgehead atoms. The molecule has 1 amide bonds. The molecule has 0 radical (unpaired) electrons. The Hall–Kier alpha value is -4.01. The maximum absolute atomic E-state index is 12.7. The second kappa shape index (κ2) is 9.93. The number of carbonyl (C=O) groups excluding carboxylic acids is 1. The summed E-state index contributed by atoms with van der Waals surface area (Å²) < 4.78 is 7.00. The first-order valence-electron chi connectivity index (χ1n) is 10.9. The highest BCUT2D eigenvalue weighted by molar-refractivity contribution is 7.80. The van der Waals surface area contributed by atoms with Crippen LogP contribution in [0.2, 0.25) is 0 Å². The Kier molecular flexibility index (Phi) is 6.54. The average Bonchev–Trinajstić information content (AvgIpc) is 3.46. The van der Waals surface area contributed by atoms with Crippen molar-refractivity contribution in [2.45, 2.75) is 6.92 Å². The van der Waals surface area contributed by atoms with Gasteiger partial charge in [0.1, 0.15) is 10.7 Å². The summed E-state index contributed by atoms with van der Waals surface area (Å²) in [5.74, 6) is 0.170. The van der Waals surface area contributed by atoms with Gasteiger partial charge in [-0.15, -0.1) is 10.2 Å². The number of amides is 1. The number of fused-ring (bicyclic) bond motifs is 1. The van der Waals surface area contributed by atoms with E-state index in [1.54, 1.807) is 16.6 Å². The van der Waals surface area contributed by atoms with Gasteiger partial charge in [-0.2, -0.15) is 9.61 Å². The van der Waals surface area contributed by atoms with Crippen molar-refractivity contribution >= 4 is 56.6 Å². The molecule has 0 spiro atoms. The highest BCUT2D eigenvalue weighted by atomic mass is 32.1. The number of aromatic nitrogens is 4. The molecule has 0 saturated carbocycles. The molecule has 1 fully saturated rings. The Morgan fingerprint density at radius 3 is 2.61 bits per heavy atom. The van der Waals surface area contributed by atoms with Crippen LogP contribution in [0.3, 0.4) is 0 Å². The fraction of sp³-hybridized carbons (Fsp3) is 0.227. The molecule has 3 heterocycles. The Morgan fingerprint density at radius 1 is 1.17 bits per heavy atom. The van der Waals surface area contributed by atoms with Crippen LogP contribution in [-0.4, -0.2) is 62.1 Å². The van der Waals surface area contributed by atoms with Crippen LogP contribution in [-0.2, 0) is 4.74 Å². The second-order valence-electron chi connectivity index (χ2n) is 7.89. The summed E-state index contributed by atoms with van der Waals surface area (Å²) >= 11 is 6.70. The Bertz CT molecular complexity index is 1460. The van der Waals surface area contributed by atoms with Gasteiger partial charge < -0.3 is 15.0 Å². The third-order valence-electron chi connectivity index (χ3n) is 5.55. The van der Waals surface area contributed by atoms with Crippen molar-refractivity contribution in [2.24, 2.45) is 0 Å². The van der Waals surface area contributed by atoms with E-state index in [-0.39, 0.29) is 16.4 Å². The van der Waals surface area contributed by atoms with E-state index in [1.165, 1.54) is 17.4 Å². The minimum Gasteiger partial charge on any atom is -0.378 e. The van der Waals surface area contributed by atoms with Gasteiger partial charge in [0.25, 0.3) is 11.6 Å². The summed E-state index contributed by atoms with van der Waals surface area (Å²) in [6.07, 6.45) is 0. The summed E-state index contributed by atoms with van der Waals surface area (Å²) in [5.41, 5.74) is 2.02. The van der Waals surface area contributed by atoms with Gasteiger partial charge in [-0.05, 0) is 55.5 Å². The number of morpholine rings is 1. The van der Waals surface area contributed by atoms with E-state index < -0.39 is 10.8 Å². The van der Waals surface area contributed by atoms with E-state index in [1.807, 2.05) is 36.1 Å². The number of carbonyl (C=O) groups is 1. The minimum absolute atomic E-state index is 0.0714. The monoisotopic (exact) mass is 524 g/mol. The highest BCUT2D eigenvalue weighted by Gasteiger charge is 2.23. The molecule has 14 heteroatoms. The summed E-state index contributed by atoms with van der Waals surface area (Å²) in [7, 11) is 0. The number of thiocarbonyl (C=S) groups is 1. The number of rotatable bonds is 5. The van der Waals surface area contributed by atoms with E-state index in [4.69, 9.17) is 17.0 Å². The molecule has 2 aromatic carbocycles. The summed E-state index contributed by atoms with van der Waals surface area (Å²) in [4.78, 5) is 26.5. The SMILES string of the molecule is Cc1nnc2sc(-c3ccc(NC(=S)NC(=O)c4ccc(N5CCOCC5)c([N+](=O)[O-])c4)cc3)nn12. The first kappa shape index (κ1) is 23.7. The van der Waals surface area contributed by atoms with Gasteiger partial charge in [0.15, 0.2) is 10.9 Å². The smallest absolute Gasteiger partial charge is 0.293 e. The average molecular weight is 525 g/mol. The second-order valence-corrected chi connectivity index (χ2v) is 9.26. The number of hydrogen-bond acceptors (Lipinski definition) is 10. The first-order chi connectivity index (χ1) is 17.4. The van der Waals surface area contributed by atoms with E-state index in [9.17, 15) is 14.9 Å². The number of hydrogen-bond donors (Lipinski definition) is 2. The van der Waals surface area contributed by atoms with Crippen molar-refractivity contribution < 1.29 is 14.5 Å². The third kappa shape index (κ3) is 4.86. The fourth-order valence-corrected chi connectivity index (χ4v) is 4.85. The van der Waals surface area contributed by atoms with Crippen LogP contribution >= 0.6 is 23.6 Å². The van der Waals surface area contributed by atoms with Gasteiger partial charge >= 0.3 is 0 Å². The zero-order valence-corrected chi connectivity index (χ0v) is 20.6. The van der Waals surface area contributed by atoms with Gasteiger partial charge in [0, 0.05) is 36.0 Å². The Labute approximate surface area is 214 Å². The standard InChI is InChI=1S/C22H20N8O4S2/c1-13-25-26-22-29(13)27-20(36-22)14-2-5-16(6-3-14)23-21(35)24-19(31)15-4-7-17(18(12-15)30(32)33)28-8-10-34-11-9-28/h2-7,12H,8-11H2,1H3,(H2,23,24,31,35). The van der Waals surface area contributed by atoms with E-state index >= 15 is 0 Å². The molecule has 5 rings (SSSR count). The number of anilines is 2. The minimum atomic E-state index is -0.546. The van der Waals surface area contributed by atoms with Crippen LogP contribution in [0.4, 0.5) is 17.1 Å². The van der Waals surface area contributed by atoms with Gasteiger partial charge in [-0.25, -0.2) is 0 Å². The maximum Gasteiger partial charge on any atom is 0.293 e. The maximum atomic E-state index is 12.7. The molecular formula is C22H20N8O4S2. The molecule has 12 nitrogen and oxygen atoms in total. The van der Waals surface area contributed by atoms with Crippen molar-refractivity contribution in [1.82, 2.24) is 25.1 Å². The topological polar surface area (TPSA) is 140 Å². The van der Waals surface area contributed by atoms with Gasteiger partial charge in [-0.1, -0.05) is 11.3 Å². The third-order valence-corrected chi connectivity index (χ3v) is 6.70. The molecule has 184 valence electrons. The molecule has 2 N–H and O–H groups in total. The normalized spacial score (nSPS) is 13.5. The molecule has 1 saturated heterocycles. The first-order valence-corrected chi connectivity index (χ1v) is 12.1. The van der Waals surface area contributed by atoms with Gasteiger partial charge in [-0.3, -0.25) is 20.2 Å². The summed E-state index contributed by atoms with van der Waals surface area (Å²) in [6.45, 7) is 3.92. The molecule has 36 heavy (non-hydrogen) atoms. The molecule has 1 aliphatic heterocycles. The molecule has 1 aliphatic rings. The van der Waals surface area contributed by atoms with Crippen LogP contribution < -0.4 is 15.5 Å². The van der Waals surface area contributed by atoms with Crippen LogP contribution in [0.5, 0.6) is 0 Å². The number of aryl methyl sites for hydroxylation is 1.